The number of amides is 3. The molecule has 4 N–H and O–H groups in total. The summed E-state index contributed by atoms with van der Waals surface area (Å²) >= 11 is 0. The van der Waals surface area contributed by atoms with E-state index in [-0.39, 0.29) is 42.6 Å². The molecule has 3 amide bonds. The summed E-state index contributed by atoms with van der Waals surface area (Å²) < 4.78 is 6.66. The molecule has 12 nitrogen and oxygen atoms in total. The average Bonchev–Trinajstić information content (AvgIpc) is 3.38. The number of ether oxygens (including phenoxy) is 1. The Labute approximate surface area is 209 Å². The van der Waals surface area contributed by atoms with Crippen molar-refractivity contribution in [2.45, 2.75) is 13.1 Å². The third kappa shape index (κ3) is 5.07. The highest BCUT2D eigenvalue weighted by molar-refractivity contribution is 5.98. The molecule has 1 aliphatic rings. The Morgan fingerprint density at radius 1 is 0.973 bits per heavy atom. The van der Waals surface area contributed by atoms with Gasteiger partial charge in [-0.15, -0.1) is 0 Å². The normalized spacial score (nSPS) is 12.3. The van der Waals surface area contributed by atoms with Crippen LogP contribution in [0.5, 0.6) is 5.75 Å². The van der Waals surface area contributed by atoms with Gasteiger partial charge in [0.05, 0.1) is 17.4 Å². The van der Waals surface area contributed by atoms with Crippen LogP contribution in [0.3, 0.4) is 0 Å². The topological polar surface area (TPSA) is 164 Å². The fourth-order valence-electron chi connectivity index (χ4n) is 3.74. The Morgan fingerprint density at radius 2 is 1.70 bits per heavy atom. The molecule has 0 unspecified atom stereocenters. The first-order chi connectivity index (χ1) is 17.9. The van der Waals surface area contributed by atoms with Crippen molar-refractivity contribution in [2.75, 3.05) is 11.9 Å². The molecule has 0 atom stereocenters. The number of carboxylic acids is 1. The van der Waals surface area contributed by atoms with Crippen LogP contribution >= 0.6 is 0 Å². The molecule has 0 bridgehead atoms. The molecule has 0 aliphatic carbocycles. The molecule has 37 heavy (non-hydrogen) atoms. The van der Waals surface area contributed by atoms with Gasteiger partial charge in [-0.25, -0.2) is 14.3 Å². The maximum Gasteiger partial charge on any atom is 0.335 e. The maximum atomic E-state index is 13.0. The van der Waals surface area contributed by atoms with Gasteiger partial charge in [0.15, 0.2) is 12.3 Å². The van der Waals surface area contributed by atoms with E-state index in [4.69, 9.17) is 9.84 Å². The van der Waals surface area contributed by atoms with E-state index in [1.54, 1.807) is 36.4 Å². The summed E-state index contributed by atoms with van der Waals surface area (Å²) in [5.74, 6) is -1.73. The quantitative estimate of drug-likeness (QED) is 0.297. The van der Waals surface area contributed by atoms with E-state index < -0.39 is 17.8 Å². The molecule has 3 heterocycles. The molecule has 186 valence electrons. The van der Waals surface area contributed by atoms with Gasteiger partial charge in [0.1, 0.15) is 17.1 Å². The molecule has 5 rings (SSSR count). The lowest BCUT2D eigenvalue weighted by molar-refractivity contribution is -0.118. The van der Waals surface area contributed by atoms with Gasteiger partial charge in [-0.3, -0.25) is 14.4 Å². The lowest BCUT2D eigenvalue weighted by Gasteiger charge is -2.18. The number of carbonyl (C=O) groups excluding carboxylic acids is 3. The molecule has 0 saturated carbocycles. The first kappa shape index (κ1) is 23.5. The molecule has 4 aromatic rings. The van der Waals surface area contributed by atoms with Gasteiger partial charge in [-0.1, -0.05) is 18.2 Å². The third-order valence-corrected chi connectivity index (χ3v) is 5.61. The van der Waals surface area contributed by atoms with Gasteiger partial charge in [0.25, 0.3) is 17.7 Å². The molecule has 0 radical (unpaired) electrons. The van der Waals surface area contributed by atoms with Crippen LogP contribution in [0.2, 0.25) is 0 Å². The van der Waals surface area contributed by atoms with E-state index in [1.165, 1.54) is 28.9 Å². The highest BCUT2D eigenvalue weighted by atomic mass is 16.5. The maximum absolute atomic E-state index is 13.0. The largest absolute Gasteiger partial charge is 0.482 e. The minimum atomic E-state index is -1.04. The lowest BCUT2D eigenvalue weighted by Crippen LogP contribution is -2.28. The van der Waals surface area contributed by atoms with Crippen LogP contribution in [0, 0.1) is 0 Å². The smallest absolute Gasteiger partial charge is 0.335 e. The van der Waals surface area contributed by atoms with Gasteiger partial charge in [0.2, 0.25) is 0 Å². The van der Waals surface area contributed by atoms with E-state index in [2.05, 4.69) is 26.0 Å². The first-order valence-corrected chi connectivity index (χ1v) is 11.2. The molecule has 0 fully saturated rings. The zero-order chi connectivity index (χ0) is 25.9. The van der Waals surface area contributed by atoms with Crippen LogP contribution in [0.1, 0.15) is 42.5 Å². The lowest BCUT2D eigenvalue weighted by atomic mass is 10.1. The van der Waals surface area contributed by atoms with Gasteiger partial charge in [0, 0.05) is 25.2 Å². The molecule has 2 aromatic carbocycles. The molecular weight excluding hydrogens is 480 g/mol. The van der Waals surface area contributed by atoms with E-state index >= 15 is 0 Å². The monoisotopic (exact) mass is 500 g/mol. The number of hydrogen-bond acceptors (Lipinski definition) is 7. The molecule has 1 aliphatic heterocycles. The summed E-state index contributed by atoms with van der Waals surface area (Å²) in [4.78, 5) is 52.7. The third-order valence-electron chi connectivity index (χ3n) is 5.61. The Hall–Kier alpha value is -5.26. The van der Waals surface area contributed by atoms with E-state index in [0.29, 0.717) is 22.6 Å². The fraction of sp³-hybridized carbons (Fsp3) is 0.120. The van der Waals surface area contributed by atoms with Crippen molar-refractivity contribution in [1.82, 2.24) is 25.2 Å². The van der Waals surface area contributed by atoms with Crippen molar-refractivity contribution < 1.29 is 29.0 Å². The van der Waals surface area contributed by atoms with Crippen LogP contribution in [0.4, 0.5) is 5.69 Å². The van der Waals surface area contributed by atoms with Gasteiger partial charge >= 0.3 is 5.97 Å². The second-order valence-corrected chi connectivity index (χ2v) is 8.16. The van der Waals surface area contributed by atoms with Crippen LogP contribution in [0.15, 0.2) is 60.8 Å². The summed E-state index contributed by atoms with van der Waals surface area (Å²) in [7, 11) is 0. The first-order valence-electron chi connectivity index (χ1n) is 11.2. The Balaban J connectivity index is 1.29. The van der Waals surface area contributed by atoms with Crippen molar-refractivity contribution in [3.63, 3.8) is 0 Å². The number of rotatable bonds is 7. The molecular formula is C25H20N6O6. The number of carbonyl (C=O) groups is 4. The summed E-state index contributed by atoms with van der Waals surface area (Å²) in [5, 5.41) is 21.4. The zero-order valence-electron chi connectivity index (χ0n) is 19.2. The van der Waals surface area contributed by atoms with Crippen molar-refractivity contribution in [3.05, 3.63) is 88.9 Å². The number of benzene rings is 2. The number of nitrogens with zero attached hydrogens (tertiary/aromatic N) is 3. The number of hydrogen-bond donors (Lipinski definition) is 4. The number of anilines is 1. The highest BCUT2D eigenvalue weighted by Gasteiger charge is 2.19. The van der Waals surface area contributed by atoms with Gasteiger partial charge in [-0.05, 0) is 35.4 Å². The summed E-state index contributed by atoms with van der Waals surface area (Å²) in [5.41, 5.74) is 2.56. The predicted octanol–water partition coefficient (Wildman–Crippen LogP) is 1.62. The second-order valence-electron chi connectivity index (χ2n) is 8.16. The summed E-state index contributed by atoms with van der Waals surface area (Å²) in [6.45, 7) is 0.255. The van der Waals surface area contributed by atoms with Crippen molar-refractivity contribution >= 4 is 35.0 Å². The van der Waals surface area contributed by atoms with E-state index in [0.717, 1.165) is 5.56 Å². The minimum absolute atomic E-state index is 0.0264. The number of aromatic nitrogens is 3. The highest BCUT2D eigenvalue weighted by Crippen LogP contribution is 2.28. The van der Waals surface area contributed by atoms with Crippen LogP contribution in [-0.4, -0.2) is 50.0 Å². The predicted molar refractivity (Wildman–Crippen MR) is 129 cm³/mol. The van der Waals surface area contributed by atoms with Crippen LogP contribution in [0.25, 0.3) is 5.65 Å². The van der Waals surface area contributed by atoms with E-state index in [1.807, 2.05) is 0 Å². The van der Waals surface area contributed by atoms with Crippen molar-refractivity contribution in [2.24, 2.45) is 0 Å². The number of nitrogens with one attached hydrogen (secondary N) is 3. The minimum Gasteiger partial charge on any atom is -0.482 e. The SMILES string of the molecule is O=C1COc2ccc(CNC(=O)c3cc(C(=O)NCc4ccc(C(=O)O)cc4)n4nccc4n3)cc2N1. The Bertz CT molecular complexity index is 1550. The molecule has 2 aromatic heterocycles. The van der Waals surface area contributed by atoms with Gasteiger partial charge < -0.3 is 25.8 Å². The fourth-order valence-corrected chi connectivity index (χ4v) is 3.74. The molecule has 0 saturated heterocycles. The summed E-state index contributed by atoms with van der Waals surface area (Å²) in [6, 6.07) is 14.2. The van der Waals surface area contributed by atoms with E-state index in [9.17, 15) is 19.2 Å². The van der Waals surface area contributed by atoms with Gasteiger partial charge in [-0.2, -0.15) is 5.10 Å². The summed E-state index contributed by atoms with van der Waals surface area (Å²) in [6.07, 6.45) is 1.47. The second kappa shape index (κ2) is 9.77. The standard InChI is InChI=1S/C25H20N6O6/c32-22-13-37-20-6-3-15(9-17(20)30-22)12-26-23(33)18-10-19(31-21(29-18)7-8-28-31)24(34)27-11-14-1-4-16(5-2-14)25(35)36/h1-10H,11-13H2,(H,26,33)(H,27,34)(H,30,32)(H,35,36). The van der Waals surface area contributed by atoms with Crippen molar-refractivity contribution in [1.29, 1.82) is 0 Å². The van der Waals surface area contributed by atoms with Crippen LogP contribution < -0.4 is 20.7 Å². The number of aromatic carboxylic acids is 1. The Kier molecular flexibility index (Phi) is 6.20. The molecule has 0 spiro atoms. The van der Waals surface area contributed by atoms with Crippen LogP contribution in [-0.2, 0) is 17.9 Å². The Morgan fingerprint density at radius 3 is 2.49 bits per heavy atom. The number of carboxylic acid groups (broad SMARTS) is 1. The van der Waals surface area contributed by atoms with Crippen molar-refractivity contribution in [3.8, 4) is 5.75 Å². The average molecular weight is 500 g/mol. The number of fused-ring (bicyclic) bond motifs is 2. The molecule has 12 heteroatoms. The zero-order valence-corrected chi connectivity index (χ0v) is 19.2.